The first kappa shape index (κ1) is 26.0. The number of hydrogen-bond donors (Lipinski definition) is 1. The number of aromatic nitrogens is 1. The number of pyridine rings is 1. The largest absolute Gasteiger partial charge is 0.492 e. The van der Waals surface area contributed by atoms with Gasteiger partial charge >= 0.3 is 6.18 Å². The number of sulfone groups is 1. The fraction of sp³-hybridized carbons (Fsp3) is 0.250. The van der Waals surface area contributed by atoms with Crippen molar-refractivity contribution in [2.45, 2.75) is 31.5 Å². The highest BCUT2D eigenvalue weighted by Crippen LogP contribution is 2.31. The highest BCUT2D eigenvalue weighted by atomic mass is 32.2. The highest BCUT2D eigenvalue weighted by molar-refractivity contribution is 7.90. The monoisotopic (exact) mass is 508 g/mol. The van der Waals surface area contributed by atoms with Crippen molar-refractivity contribution in [1.29, 1.82) is 0 Å². The van der Waals surface area contributed by atoms with Crippen LogP contribution in [0.15, 0.2) is 64.3 Å². The van der Waals surface area contributed by atoms with Gasteiger partial charge < -0.3 is 10.1 Å². The fourth-order valence-corrected chi connectivity index (χ4v) is 4.04. The Kier molecular flexibility index (Phi) is 7.39. The molecule has 0 unspecified atom stereocenters. The Labute approximate surface area is 200 Å². The number of carbonyl (C=O) groups excluding carboxylic acids is 1. The molecule has 1 amide bonds. The van der Waals surface area contributed by atoms with E-state index in [0.717, 1.165) is 23.0 Å². The Morgan fingerprint density at radius 1 is 1.09 bits per heavy atom. The Morgan fingerprint density at radius 2 is 1.74 bits per heavy atom. The molecule has 11 heteroatoms. The number of halogens is 3. The maximum absolute atomic E-state index is 13.2. The van der Waals surface area contributed by atoms with E-state index >= 15 is 0 Å². The zero-order valence-electron chi connectivity index (χ0n) is 19.1. The zero-order valence-corrected chi connectivity index (χ0v) is 20.0. The maximum Gasteiger partial charge on any atom is 0.416 e. The van der Waals surface area contributed by atoms with Crippen molar-refractivity contribution in [3.05, 3.63) is 87.3 Å². The molecule has 0 saturated carbocycles. The highest BCUT2D eigenvalue weighted by Gasteiger charge is 2.31. The summed E-state index contributed by atoms with van der Waals surface area (Å²) in [5, 5.41) is 2.58. The van der Waals surface area contributed by atoms with Crippen molar-refractivity contribution in [3.63, 3.8) is 0 Å². The molecule has 0 aliphatic carbocycles. The van der Waals surface area contributed by atoms with Crippen LogP contribution < -0.4 is 15.6 Å². The molecule has 0 aliphatic heterocycles. The standard InChI is InChI=1S/C24H23F3N2O5S/c1-4-34-21-13-20(22(30)28-14-16-8-10-19(11-9-16)35(3,32)33)23(31)29(15(21)2)18-7-5-6-17(12-18)24(25,26)27/h5-13H,4,14H2,1-3H3,(H,28,30). The van der Waals surface area contributed by atoms with Crippen molar-refractivity contribution in [1.82, 2.24) is 9.88 Å². The van der Waals surface area contributed by atoms with E-state index in [4.69, 9.17) is 4.74 Å². The summed E-state index contributed by atoms with van der Waals surface area (Å²) in [6.07, 6.45) is -3.54. The van der Waals surface area contributed by atoms with E-state index in [2.05, 4.69) is 5.32 Å². The number of ether oxygens (including phenoxy) is 1. The lowest BCUT2D eigenvalue weighted by atomic mass is 10.1. The molecule has 3 rings (SSSR count). The minimum Gasteiger partial charge on any atom is -0.492 e. The van der Waals surface area contributed by atoms with Gasteiger partial charge in [-0.15, -0.1) is 0 Å². The van der Waals surface area contributed by atoms with Gasteiger partial charge in [0.25, 0.3) is 11.5 Å². The van der Waals surface area contributed by atoms with Gasteiger partial charge in [-0.25, -0.2) is 8.42 Å². The summed E-state index contributed by atoms with van der Waals surface area (Å²) in [6.45, 7) is 3.40. The first-order valence-corrected chi connectivity index (χ1v) is 12.4. The number of benzene rings is 2. The van der Waals surface area contributed by atoms with Crippen LogP contribution in [0.4, 0.5) is 13.2 Å². The second-order valence-corrected chi connectivity index (χ2v) is 9.74. The lowest BCUT2D eigenvalue weighted by Gasteiger charge is -2.17. The third-order valence-corrected chi connectivity index (χ3v) is 6.31. The summed E-state index contributed by atoms with van der Waals surface area (Å²) in [7, 11) is -3.37. The van der Waals surface area contributed by atoms with Gasteiger partial charge in [-0.1, -0.05) is 18.2 Å². The van der Waals surface area contributed by atoms with E-state index in [1.807, 2.05) is 0 Å². The Bertz CT molecular complexity index is 1410. The first-order valence-electron chi connectivity index (χ1n) is 10.5. The Balaban J connectivity index is 1.99. The molecular formula is C24H23F3N2O5S. The van der Waals surface area contributed by atoms with Gasteiger partial charge in [0.2, 0.25) is 0 Å². The molecular weight excluding hydrogens is 485 g/mol. The molecule has 0 saturated heterocycles. The van der Waals surface area contributed by atoms with Gasteiger partial charge in [0.05, 0.1) is 22.8 Å². The van der Waals surface area contributed by atoms with Gasteiger partial charge in [-0.3, -0.25) is 14.2 Å². The van der Waals surface area contributed by atoms with Crippen molar-refractivity contribution in [3.8, 4) is 11.4 Å². The second kappa shape index (κ2) is 9.95. The van der Waals surface area contributed by atoms with Crippen LogP contribution in [0.2, 0.25) is 0 Å². The van der Waals surface area contributed by atoms with Crippen LogP contribution in [0.25, 0.3) is 5.69 Å². The van der Waals surface area contributed by atoms with Crippen LogP contribution in [0.3, 0.4) is 0 Å². The quantitative estimate of drug-likeness (QED) is 0.523. The molecule has 0 radical (unpaired) electrons. The predicted octanol–water partition coefficient (Wildman–Crippen LogP) is 3.90. The molecule has 0 aliphatic rings. The molecule has 35 heavy (non-hydrogen) atoms. The van der Waals surface area contributed by atoms with Crippen molar-refractivity contribution >= 4 is 15.7 Å². The normalized spacial score (nSPS) is 11.8. The van der Waals surface area contributed by atoms with Gasteiger partial charge in [0.1, 0.15) is 11.3 Å². The molecule has 0 atom stereocenters. The average Bonchev–Trinajstić information content (AvgIpc) is 2.79. The summed E-state index contributed by atoms with van der Waals surface area (Å²) in [5.41, 5.74) is -1.30. The topological polar surface area (TPSA) is 94.5 Å². The minimum atomic E-state index is -4.61. The van der Waals surface area contributed by atoms with Crippen LogP contribution in [0, 0.1) is 6.92 Å². The average molecular weight is 509 g/mol. The van der Waals surface area contributed by atoms with Gasteiger partial charge in [-0.2, -0.15) is 13.2 Å². The summed E-state index contributed by atoms with van der Waals surface area (Å²) in [6, 6.07) is 11.3. The third-order valence-electron chi connectivity index (χ3n) is 5.18. The van der Waals surface area contributed by atoms with E-state index in [1.54, 1.807) is 6.92 Å². The number of rotatable bonds is 7. The molecule has 1 aromatic heterocycles. The van der Waals surface area contributed by atoms with Crippen molar-refractivity contribution < 1.29 is 31.1 Å². The summed E-state index contributed by atoms with van der Waals surface area (Å²) >= 11 is 0. The molecule has 186 valence electrons. The van der Waals surface area contributed by atoms with Crippen molar-refractivity contribution in [2.24, 2.45) is 0 Å². The number of nitrogens with one attached hydrogen (secondary N) is 1. The number of hydrogen-bond acceptors (Lipinski definition) is 5. The second-order valence-electron chi connectivity index (χ2n) is 7.73. The molecule has 1 N–H and O–H groups in total. The summed E-state index contributed by atoms with van der Waals surface area (Å²) in [5.74, 6) is -0.587. The number of alkyl halides is 3. The molecule has 0 spiro atoms. The van der Waals surface area contributed by atoms with Crippen LogP contribution in [-0.4, -0.2) is 31.8 Å². The third kappa shape index (κ3) is 5.91. The molecule has 2 aromatic carbocycles. The van der Waals surface area contributed by atoms with Crippen LogP contribution in [0.5, 0.6) is 5.75 Å². The van der Waals surface area contributed by atoms with Crippen molar-refractivity contribution in [2.75, 3.05) is 12.9 Å². The molecule has 0 bridgehead atoms. The lowest BCUT2D eigenvalue weighted by Crippen LogP contribution is -2.33. The Morgan fingerprint density at radius 3 is 2.31 bits per heavy atom. The smallest absolute Gasteiger partial charge is 0.416 e. The van der Waals surface area contributed by atoms with Gasteiger partial charge in [0.15, 0.2) is 9.84 Å². The fourth-order valence-electron chi connectivity index (χ4n) is 3.41. The predicted molar refractivity (Wildman–Crippen MR) is 124 cm³/mol. The Hall–Kier alpha value is -3.60. The zero-order chi connectivity index (χ0) is 26.0. The van der Waals surface area contributed by atoms with E-state index in [1.165, 1.54) is 49.4 Å². The SMILES string of the molecule is CCOc1cc(C(=O)NCc2ccc(S(C)(=O)=O)cc2)c(=O)n(-c2cccc(C(F)(F)F)c2)c1C. The maximum atomic E-state index is 13.2. The summed E-state index contributed by atoms with van der Waals surface area (Å²) in [4.78, 5) is 26.2. The number of amides is 1. The lowest BCUT2D eigenvalue weighted by molar-refractivity contribution is -0.137. The van der Waals surface area contributed by atoms with Gasteiger partial charge in [0, 0.05) is 24.6 Å². The molecule has 0 fully saturated rings. The van der Waals surface area contributed by atoms with E-state index in [0.29, 0.717) is 5.56 Å². The van der Waals surface area contributed by atoms with Gasteiger partial charge in [-0.05, 0) is 49.7 Å². The minimum absolute atomic E-state index is 0.0102. The molecule has 7 nitrogen and oxygen atoms in total. The van der Waals surface area contributed by atoms with E-state index in [-0.39, 0.29) is 40.7 Å². The van der Waals surface area contributed by atoms with Crippen LogP contribution in [0.1, 0.15) is 34.1 Å². The number of carbonyl (C=O) groups is 1. The van der Waals surface area contributed by atoms with E-state index in [9.17, 15) is 31.2 Å². The summed E-state index contributed by atoms with van der Waals surface area (Å²) < 4.78 is 69.4. The first-order chi connectivity index (χ1) is 16.3. The molecule has 1 heterocycles. The van der Waals surface area contributed by atoms with Crippen LogP contribution in [-0.2, 0) is 22.6 Å². The number of nitrogens with zero attached hydrogens (tertiary/aromatic N) is 1. The molecule has 3 aromatic rings. The van der Waals surface area contributed by atoms with Crippen LogP contribution >= 0.6 is 0 Å². The van der Waals surface area contributed by atoms with E-state index < -0.39 is 33.0 Å².